The summed E-state index contributed by atoms with van der Waals surface area (Å²) in [5.41, 5.74) is 2.06. The Hall–Kier alpha value is -1.79. The summed E-state index contributed by atoms with van der Waals surface area (Å²) < 4.78 is 5.40. The van der Waals surface area contributed by atoms with Gasteiger partial charge in [0.05, 0.1) is 19.6 Å². The van der Waals surface area contributed by atoms with Crippen LogP contribution >= 0.6 is 12.4 Å². The summed E-state index contributed by atoms with van der Waals surface area (Å²) in [5.74, 6) is 1.32. The molecule has 0 radical (unpaired) electrons. The molecule has 0 saturated carbocycles. The fourth-order valence-corrected chi connectivity index (χ4v) is 4.05. The number of halogens is 1. The molecule has 0 aliphatic carbocycles. The number of methoxy groups -OCH3 is 1. The highest BCUT2D eigenvalue weighted by Gasteiger charge is 2.26. The Bertz CT molecular complexity index is 677. The van der Waals surface area contributed by atoms with Crippen molar-refractivity contribution in [2.45, 2.75) is 45.1 Å². The van der Waals surface area contributed by atoms with Crippen molar-refractivity contribution in [1.82, 2.24) is 15.5 Å². The Kier molecular flexibility index (Phi) is 8.58. The van der Waals surface area contributed by atoms with Gasteiger partial charge in [0.25, 0.3) is 0 Å². The van der Waals surface area contributed by atoms with Gasteiger partial charge >= 0.3 is 0 Å². The van der Waals surface area contributed by atoms with E-state index >= 15 is 0 Å². The predicted octanol–water partition coefficient (Wildman–Crippen LogP) is 2.07. The molecule has 1 aromatic rings. The van der Waals surface area contributed by atoms with Gasteiger partial charge in [0.1, 0.15) is 5.75 Å². The van der Waals surface area contributed by atoms with Crippen molar-refractivity contribution in [1.29, 1.82) is 0 Å². The second kappa shape index (κ2) is 10.7. The number of carbonyl (C=O) groups is 2. The Labute approximate surface area is 173 Å². The van der Waals surface area contributed by atoms with Crippen LogP contribution in [0.3, 0.4) is 0 Å². The van der Waals surface area contributed by atoms with Gasteiger partial charge in [-0.2, -0.15) is 0 Å². The molecule has 2 atom stereocenters. The summed E-state index contributed by atoms with van der Waals surface area (Å²) >= 11 is 0. The van der Waals surface area contributed by atoms with Crippen LogP contribution in [-0.2, 0) is 16.0 Å². The van der Waals surface area contributed by atoms with Crippen molar-refractivity contribution in [3.8, 4) is 5.75 Å². The number of ether oxygens (including phenoxy) is 1. The molecule has 2 heterocycles. The summed E-state index contributed by atoms with van der Waals surface area (Å²) in [7, 11) is 1.64. The lowest BCUT2D eigenvalue weighted by atomic mass is 9.97. The first kappa shape index (κ1) is 22.5. The van der Waals surface area contributed by atoms with Gasteiger partial charge in [0, 0.05) is 25.2 Å². The van der Waals surface area contributed by atoms with Gasteiger partial charge in [-0.3, -0.25) is 9.59 Å². The highest BCUT2D eigenvalue weighted by Crippen LogP contribution is 2.22. The van der Waals surface area contributed by atoms with Crippen LogP contribution in [0.25, 0.3) is 0 Å². The van der Waals surface area contributed by atoms with Gasteiger partial charge in [-0.1, -0.05) is 17.7 Å². The molecule has 2 aliphatic rings. The second-order valence-corrected chi connectivity index (χ2v) is 7.73. The van der Waals surface area contributed by atoms with Crippen LogP contribution in [0, 0.1) is 12.8 Å². The molecule has 2 fully saturated rings. The lowest BCUT2D eigenvalue weighted by molar-refractivity contribution is -0.132. The average molecular weight is 410 g/mol. The number of hydrogen-bond donors (Lipinski definition) is 2. The zero-order valence-corrected chi connectivity index (χ0v) is 17.6. The van der Waals surface area contributed by atoms with Crippen LogP contribution in [0.2, 0.25) is 0 Å². The first-order valence-corrected chi connectivity index (χ1v) is 9.99. The van der Waals surface area contributed by atoms with Crippen LogP contribution in [0.4, 0.5) is 0 Å². The molecule has 0 aromatic heterocycles. The maximum absolute atomic E-state index is 12.8. The van der Waals surface area contributed by atoms with Crippen molar-refractivity contribution in [2.75, 3.05) is 33.3 Å². The van der Waals surface area contributed by atoms with Gasteiger partial charge in [-0.15, -0.1) is 12.4 Å². The molecule has 28 heavy (non-hydrogen) atoms. The van der Waals surface area contributed by atoms with Crippen molar-refractivity contribution < 1.29 is 14.3 Å². The number of rotatable bonds is 6. The van der Waals surface area contributed by atoms with Gasteiger partial charge in [-0.05, 0) is 51.1 Å². The van der Waals surface area contributed by atoms with E-state index in [1.807, 2.05) is 30.0 Å². The molecule has 2 amide bonds. The van der Waals surface area contributed by atoms with E-state index in [9.17, 15) is 9.59 Å². The van der Waals surface area contributed by atoms with Gasteiger partial charge < -0.3 is 20.3 Å². The first-order valence-electron chi connectivity index (χ1n) is 9.99. The third-order valence-corrected chi connectivity index (χ3v) is 5.59. The smallest absolute Gasteiger partial charge is 0.237 e. The lowest BCUT2D eigenvalue weighted by Crippen LogP contribution is -2.47. The van der Waals surface area contributed by atoms with E-state index in [2.05, 4.69) is 10.6 Å². The van der Waals surface area contributed by atoms with E-state index in [1.54, 1.807) is 7.11 Å². The largest absolute Gasteiger partial charge is 0.496 e. The second-order valence-electron chi connectivity index (χ2n) is 7.73. The maximum Gasteiger partial charge on any atom is 0.237 e. The number of nitrogens with zero attached hydrogens (tertiary/aromatic N) is 1. The maximum atomic E-state index is 12.8. The minimum absolute atomic E-state index is 0. The molecule has 2 N–H and O–H groups in total. The molecule has 6 nitrogen and oxygen atoms in total. The van der Waals surface area contributed by atoms with Crippen molar-refractivity contribution in [3.05, 3.63) is 29.3 Å². The molecule has 2 saturated heterocycles. The standard InChI is InChI=1S/C21H31N3O3.ClH/c1-15-7-8-19(27-2)17(11-15)12-20(25)24-10-4-5-16(14-24)13-23-21(26)18-6-3-9-22-18;/h7-8,11,16,18,22H,3-6,9-10,12-14H2,1-2H3,(H,23,26);1H. The van der Waals surface area contributed by atoms with E-state index in [-0.39, 0.29) is 30.3 Å². The molecule has 1 aromatic carbocycles. The fourth-order valence-electron chi connectivity index (χ4n) is 4.05. The molecule has 7 heteroatoms. The van der Waals surface area contributed by atoms with Gasteiger partial charge in [-0.25, -0.2) is 0 Å². The minimum atomic E-state index is -0.0416. The highest BCUT2D eigenvalue weighted by molar-refractivity contribution is 5.85. The van der Waals surface area contributed by atoms with E-state index in [0.717, 1.165) is 55.6 Å². The molecule has 2 aliphatic heterocycles. The Balaban J connectivity index is 0.00000280. The van der Waals surface area contributed by atoms with Crippen molar-refractivity contribution in [2.24, 2.45) is 5.92 Å². The molecular weight excluding hydrogens is 378 g/mol. The highest BCUT2D eigenvalue weighted by atomic mass is 35.5. The number of aryl methyl sites for hydroxylation is 1. The SMILES string of the molecule is COc1ccc(C)cc1CC(=O)N1CCCC(CNC(=O)C2CCCN2)C1.Cl. The summed E-state index contributed by atoms with van der Waals surface area (Å²) in [6, 6.07) is 5.89. The molecule has 3 rings (SSSR count). The van der Waals surface area contributed by atoms with E-state index < -0.39 is 0 Å². The van der Waals surface area contributed by atoms with Crippen LogP contribution in [0.1, 0.15) is 36.8 Å². The van der Waals surface area contributed by atoms with Crippen LogP contribution in [0.15, 0.2) is 18.2 Å². The van der Waals surface area contributed by atoms with Crippen LogP contribution in [0.5, 0.6) is 5.75 Å². The number of amides is 2. The van der Waals surface area contributed by atoms with E-state index in [1.165, 1.54) is 0 Å². The number of nitrogens with one attached hydrogen (secondary N) is 2. The molecule has 156 valence electrons. The zero-order chi connectivity index (χ0) is 19.2. The normalized spacial score (nSPS) is 21.7. The lowest BCUT2D eigenvalue weighted by Gasteiger charge is -2.33. The third kappa shape index (κ3) is 5.85. The summed E-state index contributed by atoms with van der Waals surface area (Å²) in [5, 5.41) is 6.30. The monoisotopic (exact) mass is 409 g/mol. The van der Waals surface area contributed by atoms with Gasteiger partial charge in [0.15, 0.2) is 0 Å². The molecule has 2 unspecified atom stereocenters. The minimum Gasteiger partial charge on any atom is -0.496 e. The van der Waals surface area contributed by atoms with Gasteiger partial charge in [0.2, 0.25) is 11.8 Å². The average Bonchev–Trinajstić information content (AvgIpc) is 3.21. The van der Waals surface area contributed by atoms with E-state index in [0.29, 0.717) is 25.4 Å². The van der Waals surface area contributed by atoms with Crippen LogP contribution in [-0.4, -0.2) is 56.0 Å². The van der Waals surface area contributed by atoms with Crippen molar-refractivity contribution >= 4 is 24.2 Å². The van der Waals surface area contributed by atoms with E-state index in [4.69, 9.17) is 4.74 Å². The predicted molar refractivity (Wildman–Crippen MR) is 112 cm³/mol. The third-order valence-electron chi connectivity index (χ3n) is 5.59. The number of hydrogen-bond acceptors (Lipinski definition) is 4. The quantitative estimate of drug-likeness (QED) is 0.754. The Morgan fingerprint density at radius 3 is 2.82 bits per heavy atom. The first-order chi connectivity index (χ1) is 13.1. The summed E-state index contributed by atoms with van der Waals surface area (Å²) in [4.78, 5) is 26.9. The number of benzene rings is 1. The van der Waals surface area contributed by atoms with Crippen LogP contribution < -0.4 is 15.4 Å². The topological polar surface area (TPSA) is 70.7 Å². The summed E-state index contributed by atoms with van der Waals surface area (Å²) in [6.07, 6.45) is 4.37. The number of carbonyl (C=O) groups excluding carboxylic acids is 2. The van der Waals surface area contributed by atoms with Crippen molar-refractivity contribution in [3.63, 3.8) is 0 Å². The molecule has 0 bridgehead atoms. The summed E-state index contributed by atoms with van der Waals surface area (Å²) in [6.45, 7) is 5.10. The zero-order valence-electron chi connectivity index (χ0n) is 16.8. The fraction of sp³-hybridized carbons (Fsp3) is 0.619. The number of likely N-dealkylation sites (tertiary alicyclic amines) is 1. The Morgan fingerprint density at radius 1 is 1.29 bits per heavy atom. The Morgan fingerprint density at radius 2 is 2.11 bits per heavy atom. The molecular formula is C21H32ClN3O3. The number of piperidine rings is 1. The molecule has 0 spiro atoms.